The number of amides is 5. The normalized spacial score (nSPS) is 26.0. The third-order valence-electron chi connectivity index (χ3n) is 13.6. The average molecular weight is 869 g/mol. The van der Waals surface area contributed by atoms with Crippen molar-refractivity contribution in [2.24, 2.45) is 34.8 Å². The molecule has 2 heterocycles. The van der Waals surface area contributed by atoms with Crippen LogP contribution in [0.5, 0.6) is 5.75 Å². The number of nitrogens with one attached hydrogen (secondary N) is 4. The summed E-state index contributed by atoms with van der Waals surface area (Å²) in [6.45, 7) is 13.7. The molecule has 5 amide bonds. The molecule has 2 aliphatic heterocycles. The molecule has 3 aliphatic carbocycles. The lowest BCUT2D eigenvalue weighted by Gasteiger charge is -2.64. The Kier molecular flexibility index (Phi) is 15.4. The highest BCUT2D eigenvalue weighted by atomic mass is 16.7. The van der Waals surface area contributed by atoms with E-state index in [0.717, 1.165) is 18.4 Å². The minimum atomic E-state index is -1.52. The largest absolute Gasteiger partial charge is 0.508 e. The summed E-state index contributed by atoms with van der Waals surface area (Å²) in [5, 5.41) is 39.0. The van der Waals surface area contributed by atoms with Crippen LogP contribution in [-0.2, 0) is 49.3 Å². The van der Waals surface area contributed by atoms with E-state index >= 15 is 0 Å². The molecule has 3 saturated carbocycles. The standard InChI is InChI=1S/C43H65BN6O12/c1-22(2)35(48-38(57)28(15-17-33(52)53)46-37(56)27(45)21-34(54)55)40(59)49-36(23(3)4)41(60)50-18-8-9-29(50)39(58)47-32(16-12-24-10-13-26(51)14-11-24)44-61-31-20-25-19-30(42(25,5)6)43(31,7)62-44/h10-11,13-14,22-23,25,27-32,35-36,51H,8-9,12,15-21,45H2,1-7H3,(H,46,56)(H,47,58)(H,48,57)(H,49,59)(H,52,53)(H,54,55)/t25-,27-,28-,29+,30-,31+,32-,35-,36-,43-/m0/s1. The molecular weight excluding hydrogens is 803 g/mol. The fourth-order valence-corrected chi connectivity index (χ4v) is 9.73. The molecule has 6 rings (SSSR count). The van der Waals surface area contributed by atoms with Gasteiger partial charge in [0.15, 0.2) is 0 Å². The molecule has 18 nitrogen and oxygen atoms in total. The van der Waals surface area contributed by atoms with Gasteiger partial charge in [-0.25, -0.2) is 0 Å². The number of carbonyl (C=O) groups excluding carboxylic acids is 5. The predicted octanol–water partition coefficient (Wildman–Crippen LogP) is 1.50. The van der Waals surface area contributed by atoms with Crippen molar-refractivity contribution in [3.05, 3.63) is 29.8 Å². The predicted molar refractivity (Wildman–Crippen MR) is 226 cm³/mol. The van der Waals surface area contributed by atoms with Crippen molar-refractivity contribution in [3.8, 4) is 5.75 Å². The number of phenols is 1. The fourth-order valence-electron chi connectivity index (χ4n) is 9.73. The summed E-state index contributed by atoms with van der Waals surface area (Å²) in [6, 6.07) is 0.702. The highest BCUT2D eigenvalue weighted by molar-refractivity contribution is 6.48. The monoisotopic (exact) mass is 868 g/mol. The van der Waals surface area contributed by atoms with Crippen LogP contribution in [0.3, 0.4) is 0 Å². The SMILES string of the molecule is CC(C)[C@H](NC(=O)[C@H](CCC(=O)O)NC(=O)[C@@H](N)CC(=O)O)C(=O)N[C@H](C(=O)N1CCC[C@@H]1C(=O)N[C@@H](CCc1ccc(O)cc1)B1O[C@@H]2C[C@@H]3C[C@@H](C3(C)C)[C@]2(C)O1)C(C)C. The number of nitrogens with zero attached hydrogens (tertiary/aromatic N) is 1. The molecule has 0 unspecified atom stereocenters. The van der Waals surface area contributed by atoms with E-state index in [4.69, 9.17) is 20.1 Å². The Hall–Kier alpha value is -4.75. The van der Waals surface area contributed by atoms with Gasteiger partial charge >= 0.3 is 19.1 Å². The Balaban J connectivity index is 1.28. The molecule has 0 spiro atoms. The van der Waals surface area contributed by atoms with Gasteiger partial charge in [0.1, 0.15) is 29.9 Å². The van der Waals surface area contributed by atoms with Crippen LogP contribution in [0, 0.1) is 29.1 Å². The fraction of sp³-hybridized carbons (Fsp3) is 0.698. The number of aromatic hydroxyl groups is 1. The summed E-state index contributed by atoms with van der Waals surface area (Å²) in [5.74, 6) is -6.63. The minimum absolute atomic E-state index is 0.114. The van der Waals surface area contributed by atoms with Crippen LogP contribution in [0.4, 0.5) is 0 Å². The first-order valence-electron chi connectivity index (χ1n) is 21.9. The Labute approximate surface area is 363 Å². The van der Waals surface area contributed by atoms with Crippen molar-refractivity contribution < 1.29 is 58.2 Å². The first-order chi connectivity index (χ1) is 29.0. The Morgan fingerprint density at radius 2 is 1.50 bits per heavy atom. The summed E-state index contributed by atoms with van der Waals surface area (Å²) in [4.78, 5) is 92.7. The van der Waals surface area contributed by atoms with Gasteiger partial charge in [-0.15, -0.1) is 0 Å². The number of aryl methyl sites for hydroxylation is 1. The summed E-state index contributed by atoms with van der Waals surface area (Å²) >= 11 is 0. The van der Waals surface area contributed by atoms with Gasteiger partial charge in [0, 0.05) is 13.0 Å². The van der Waals surface area contributed by atoms with Crippen LogP contribution in [-0.4, -0.2) is 123 Å². The van der Waals surface area contributed by atoms with Crippen molar-refractivity contribution in [1.82, 2.24) is 26.2 Å². The number of rotatable bonds is 20. The number of carbonyl (C=O) groups is 7. The molecule has 19 heteroatoms. The van der Waals surface area contributed by atoms with Crippen molar-refractivity contribution in [2.45, 2.75) is 154 Å². The number of hydrogen-bond donors (Lipinski definition) is 8. The van der Waals surface area contributed by atoms with Crippen molar-refractivity contribution in [3.63, 3.8) is 0 Å². The lowest BCUT2D eigenvalue weighted by molar-refractivity contribution is -0.199. The van der Waals surface area contributed by atoms with E-state index in [0.29, 0.717) is 37.5 Å². The number of nitrogens with two attached hydrogens (primary N) is 1. The summed E-state index contributed by atoms with van der Waals surface area (Å²) in [7, 11) is -0.726. The molecule has 2 saturated heterocycles. The maximum absolute atomic E-state index is 14.4. The Morgan fingerprint density at radius 3 is 2.10 bits per heavy atom. The zero-order chi connectivity index (χ0) is 45.8. The van der Waals surface area contributed by atoms with Crippen molar-refractivity contribution in [1.29, 1.82) is 0 Å². The highest BCUT2D eigenvalue weighted by Gasteiger charge is 2.68. The average Bonchev–Trinajstić information content (AvgIpc) is 3.83. The molecule has 62 heavy (non-hydrogen) atoms. The van der Waals surface area contributed by atoms with Gasteiger partial charge < -0.3 is 56.5 Å². The third-order valence-corrected chi connectivity index (χ3v) is 13.6. The molecule has 0 radical (unpaired) electrons. The van der Waals surface area contributed by atoms with Crippen LogP contribution in [0.1, 0.15) is 105 Å². The van der Waals surface area contributed by atoms with Gasteiger partial charge in [-0.1, -0.05) is 53.7 Å². The van der Waals surface area contributed by atoms with E-state index in [-0.39, 0.29) is 36.1 Å². The number of carboxylic acids is 2. The highest BCUT2D eigenvalue weighted by Crippen LogP contribution is 2.65. The molecule has 5 fully saturated rings. The quantitative estimate of drug-likeness (QED) is 0.0865. The van der Waals surface area contributed by atoms with E-state index in [1.54, 1.807) is 39.8 Å². The maximum atomic E-state index is 14.4. The summed E-state index contributed by atoms with van der Waals surface area (Å²) in [6.07, 6.45) is 2.13. The van der Waals surface area contributed by atoms with Gasteiger partial charge in [0.05, 0.1) is 30.1 Å². The number of carboxylic acid groups (broad SMARTS) is 2. The van der Waals surface area contributed by atoms with E-state index in [1.807, 2.05) is 12.1 Å². The molecule has 2 bridgehead atoms. The zero-order valence-electron chi connectivity index (χ0n) is 36.8. The summed E-state index contributed by atoms with van der Waals surface area (Å²) in [5.41, 5.74) is 6.21. The smallest absolute Gasteiger partial charge is 0.481 e. The van der Waals surface area contributed by atoms with E-state index in [1.165, 1.54) is 4.90 Å². The first kappa shape index (κ1) is 48.3. The van der Waals surface area contributed by atoms with Gasteiger partial charge in [-0.05, 0) is 98.7 Å². The van der Waals surface area contributed by atoms with E-state index in [2.05, 4.69) is 42.0 Å². The molecule has 10 atom stereocenters. The number of benzene rings is 1. The number of phenolic OH excluding ortho intramolecular Hbond substituents is 1. The number of hydrogen-bond acceptors (Lipinski definition) is 11. The minimum Gasteiger partial charge on any atom is -0.508 e. The molecular formula is C43H65BN6O12. The molecule has 1 aromatic carbocycles. The van der Waals surface area contributed by atoms with E-state index < -0.39 is 109 Å². The van der Waals surface area contributed by atoms with Crippen molar-refractivity contribution >= 4 is 48.6 Å². The topological polar surface area (TPSA) is 276 Å². The molecule has 5 aliphatic rings. The van der Waals surface area contributed by atoms with Gasteiger partial charge in [-0.2, -0.15) is 0 Å². The molecule has 0 aromatic heterocycles. The van der Waals surface area contributed by atoms with Crippen molar-refractivity contribution in [2.75, 3.05) is 6.54 Å². The molecule has 1 aromatic rings. The van der Waals surface area contributed by atoms with Crippen LogP contribution in [0.25, 0.3) is 0 Å². The third kappa shape index (κ3) is 10.9. The van der Waals surface area contributed by atoms with Crippen LogP contribution < -0.4 is 27.0 Å². The first-order valence-corrected chi connectivity index (χ1v) is 21.9. The second-order valence-electron chi connectivity index (χ2n) is 19.0. The Bertz CT molecular complexity index is 1850. The second-order valence-corrected chi connectivity index (χ2v) is 19.0. The molecule has 9 N–H and O–H groups in total. The lowest BCUT2D eigenvalue weighted by atomic mass is 9.43. The Morgan fingerprint density at radius 1 is 0.855 bits per heavy atom. The molecule has 342 valence electrons. The van der Waals surface area contributed by atoms with Gasteiger partial charge in [-0.3, -0.25) is 33.6 Å². The zero-order valence-corrected chi connectivity index (χ0v) is 36.8. The van der Waals surface area contributed by atoms with Crippen LogP contribution >= 0.6 is 0 Å². The lowest BCUT2D eigenvalue weighted by Crippen LogP contribution is -2.65. The van der Waals surface area contributed by atoms with Gasteiger partial charge in [0.2, 0.25) is 29.5 Å². The second kappa shape index (κ2) is 19.7. The van der Waals surface area contributed by atoms with Crippen LogP contribution in [0.2, 0.25) is 0 Å². The van der Waals surface area contributed by atoms with Gasteiger partial charge in [0.25, 0.3) is 0 Å². The number of likely N-dealkylation sites (tertiary alicyclic amines) is 1. The van der Waals surface area contributed by atoms with E-state index in [9.17, 15) is 43.8 Å². The summed E-state index contributed by atoms with van der Waals surface area (Å²) < 4.78 is 13.4. The van der Waals surface area contributed by atoms with Crippen LogP contribution in [0.15, 0.2) is 24.3 Å². The maximum Gasteiger partial charge on any atom is 0.481 e. The number of aliphatic carboxylic acids is 2.